The second-order valence-electron chi connectivity index (χ2n) is 4.55. The fourth-order valence-electron chi connectivity index (χ4n) is 1.36. The molecule has 0 fully saturated rings. The van der Waals surface area contributed by atoms with Crippen molar-refractivity contribution in [2.75, 3.05) is 27.2 Å². The predicted molar refractivity (Wildman–Crippen MR) is 68.4 cm³/mol. The maximum Gasteiger partial charge on any atom is 0.241 e. The lowest BCUT2D eigenvalue weighted by atomic mass is 9.99. The van der Waals surface area contributed by atoms with Crippen molar-refractivity contribution in [3.8, 4) is 0 Å². The van der Waals surface area contributed by atoms with E-state index < -0.39 is 6.04 Å². The first-order valence-corrected chi connectivity index (χ1v) is 6.09. The monoisotopic (exact) mass is 243 g/mol. The van der Waals surface area contributed by atoms with Crippen molar-refractivity contribution in [2.45, 2.75) is 33.2 Å². The summed E-state index contributed by atoms with van der Waals surface area (Å²) in [7, 11) is 3.35. The Morgan fingerprint density at radius 2 is 1.76 bits per heavy atom. The van der Waals surface area contributed by atoms with Crippen LogP contribution >= 0.6 is 0 Å². The summed E-state index contributed by atoms with van der Waals surface area (Å²) in [5, 5.41) is 0. The molecule has 2 N–H and O–H groups in total. The zero-order valence-corrected chi connectivity index (χ0v) is 11.6. The summed E-state index contributed by atoms with van der Waals surface area (Å²) in [5.74, 6) is -0.0976. The molecule has 0 aromatic heterocycles. The van der Waals surface area contributed by atoms with Gasteiger partial charge in [0.05, 0.1) is 12.6 Å². The first kappa shape index (κ1) is 15.9. The molecule has 0 saturated carbocycles. The van der Waals surface area contributed by atoms with Crippen LogP contribution in [-0.2, 0) is 9.59 Å². The van der Waals surface area contributed by atoms with E-state index in [1.54, 1.807) is 14.1 Å². The summed E-state index contributed by atoms with van der Waals surface area (Å²) >= 11 is 0. The summed E-state index contributed by atoms with van der Waals surface area (Å²) in [6, 6.07) is -0.519. The van der Waals surface area contributed by atoms with Crippen molar-refractivity contribution >= 4 is 11.8 Å². The second kappa shape index (κ2) is 7.27. The van der Waals surface area contributed by atoms with Crippen LogP contribution < -0.4 is 5.73 Å². The van der Waals surface area contributed by atoms with Crippen LogP contribution in [0, 0.1) is 5.92 Å². The van der Waals surface area contributed by atoms with Crippen molar-refractivity contribution in [3.63, 3.8) is 0 Å². The number of nitrogens with two attached hydrogens (primary N) is 1. The number of carbonyl (C=O) groups is 2. The van der Waals surface area contributed by atoms with E-state index in [0.29, 0.717) is 6.54 Å². The van der Waals surface area contributed by atoms with Gasteiger partial charge in [-0.2, -0.15) is 0 Å². The highest BCUT2D eigenvalue weighted by Gasteiger charge is 2.25. The third-order valence-corrected chi connectivity index (χ3v) is 3.06. The maximum atomic E-state index is 12.1. The summed E-state index contributed by atoms with van der Waals surface area (Å²) in [4.78, 5) is 26.6. The molecule has 2 atom stereocenters. The van der Waals surface area contributed by atoms with Gasteiger partial charge >= 0.3 is 0 Å². The molecule has 0 rings (SSSR count). The summed E-state index contributed by atoms with van der Waals surface area (Å²) in [6.45, 7) is 6.41. The third-order valence-electron chi connectivity index (χ3n) is 3.06. The van der Waals surface area contributed by atoms with Gasteiger partial charge in [-0.05, 0) is 12.8 Å². The number of hydrogen-bond acceptors (Lipinski definition) is 3. The first-order valence-electron chi connectivity index (χ1n) is 6.09. The molecule has 0 saturated heterocycles. The number of hydrogen-bond donors (Lipinski definition) is 1. The SMILES string of the molecule is CCC(C)C(N)C(=O)N(CC)CC(=O)N(C)C. The average Bonchev–Trinajstić information content (AvgIpc) is 2.32. The third kappa shape index (κ3) is 4.73. The van der Waals surface area contributed by atoms with Crippen molar-refractivity contribution < 1.29 is 9.59 Å². The molecule has 0 bridgehead atoms. The van der Waals surface area contributed by atoms with Gasteiger partial charge in [0.2, 0.25) is 11.8 Å². The lowest BCUT2D eigenvalue weighted by molar-refractivity contribution is -0.140. The summed E-state index contributed by atoms with van der Waals surface area (Å²) in [5.41, 5.74) is 5.88. The van der Waals surface area contributed by atoms with Crippen LogP contribution in [0.2, 0.25) is 0 Å². The number of likely N-dealkylation sites (N-methyl/N-ethyl adjacent to an activating group) is 2. The topological polar surface area (TPSA) is 66.6 Å². The van der Waals surface area contributed by atoms with Crippen LogP contribution in [0.3, 0.4) is 0 Å². The molecule has 5 heteroatoms. The van der Waals surface area contributed by atoms with Crippen LogP contribution in [0.5, 0.6) is 0 Å². The standard InChI is InChI=1S/C12H25N3O2/c1-6-9(3)11(13)12(17)15(7-2)8-10(16)14(4)5/h9,11H,6-8,13H2,1-5H3. The lowest BCUT2D eigenvalue weighted by Gasteiger charge is -2.27. The maximum absolute atomic E-state index is 12.1. The Labute approximate surface area is 104 Å². The Hall–Kier alpha value is -1.10. The van der Waals surface area contributed by atoms with E-state index >= 15 is 0 Å². The molecule has 0 radical (unpaired) electrons. The van der Waals surface area contributed by atoms with Crippen molar-refractivity contribution in [2.24, 2.45) is 11.7 Å². The number of amides is 2. The van der Waals surface area contributed by atoms with Crippen LogP contribution in [0.15, 0.2) is 0 Å². The number of nitrogens with zero attached hydrogens (tertiary/aromatic N) is 2. The molecule has 0 aliphatic heterocycles. The van der Waals surface area contributed by atoms with E-state index in [-0.39, 0.29) is 24.3 Å². The van der Waals surface area contributed by atoms with E-state index in [4.69, 9.17) is 5.73 Å². The molecule has 17 heavy (non-hydrogen) atoms. The van der Waals surface area contributed by atoms with Gasteiger partial charge in [-0.3, -0.25) is 9.59 Å². The molecular weight excluding hydrogens is 218 g/mol. The molecule has 0 aliphatic carbocycles. The van der Waals surface area contributed by atoms with Crippen molar-refractivity contribution in [3.05, 3.63) is 0 Å². The smallest absolute Gasteiger partial charge is 0.241 e. The van der Waals surface area contributed by atoms with Crippen molar-refractivity contribution in [1.82, 2.24) is 9.80 Å². The fraction of sp³-hybridized carbons (Fsp3) is 0.833. The van der Waals surface area contributed by atoms with Gasteiger partial charge in [0.15, 0.2) is 0 Å². The number of rotatable bonds is 6. The second-order valence-corrected chi connectivity index (χ2v) is 4.55. The van der Waals surface area contributed by atoms with Crippen molar-refractivity contribution in [1.29, 1.82) is 0 Å². The number of carbonyl (C=O) groups excluding carboxylic acids is 2. The molecule has 2 unspecified atom stereocenters. The predicted octanol–water partition coefficient (Wildman–Crippen LogP) is 0.297. The van der Waals surface area contributed by atoms with Crippen LogP contribution in [0.25, 0.3) is 0 Å². The molecule has 0 heterocycles. The quantitative estimate of drug-likeness (QED) is 0.729. The van der Waals surface area contributed by atoms with E-state index in [0.717, 1.165) is 6.42 Å². The highest BCUT2D eigenvalue weighted by Crippen LogP contribution is 2.08. The Balaban J connectivity index is 4.55. The Morgan fingerprint density at radius 1 is 1.24 bits per heavy atom. The van der Waals surface area contributed by atoms with Crippen LogP contribution in [0.1, 0.15) is 27.2 Å². The average molecular weight is 243 g/mol. The van der Waals surface area contributed by atoms with Gasteiger partial charge in [0.1, 0.15) is 0 Å². The van der Waals surface area contributed by atoms with Crippen LogP contribution in [0.4, 0.5) is 0 Å². The minimum atomic E-state index is -0.519. The zero-order valence-electron chi connectivity index (χ0n) is 11.6. The Kier molecular flexibility index (Phi) is 6.80. The van der Waals surface area contributed by atoms with Gasteiger partial charge in [0, 0.05) is 20.6 Å². The van der Waals surface area contributed by atoms with E-state index in [2.05, 4.69) is 0 Å². The molecule has 2 amide bonds. The highest BCUT2D eigenvalue weighted by atomic mass is 16.2. The molecule has 0 aliphatic rings. The minimum Gasteiger partial charge on any atom is -0.347 e. The Morgan fingerprint density at radius 3 is 2.12 bits per heavy atom. The van der Waals surface area contributed by atoms with Gasteiger partial charge in [-0.25, -0.2) is 0 Å². The zero-order chi connectivity index (χ0) is 13.6. The Bertz CT molecular complexity index is 266. The van der Waals surface area contributed by atoms with Gasteiger partial charge in [-0.1, -0.05) is 20.3 Å². The highest BCUT2D eigenvalue weighted by molar-refractivity contribution is 5.87. The largest absolute Gasteiger partial charge is 0.347 e. The molecule has 0 aromatic carbocycles. The van der Waals surface area contributed by atoms with Gasteiger partial charge in [-0.15, -0.1) is 0 Å². The van der Waals surface area contributed by atoms with E-state index in [1.807, 2.05) is 20.8 Å². The van der Waals surface area contributed by atoms with Crippen LogP contribution in [-0.4, -0.2) is 54.8 Å². The first-order chi connectivity index (χ1) is 7.84. The lowest BCUT2D eigenvalue weighted by Crippen LogP contribution is -2.49. The van der Waals surface area contributed by atoms with Gasteiger partial charge in [0.25, 0.3) is 0 Å². The minimum absolute atomic E-state index is 0.0865. The van der Waals surface area contributed by atoms with E-state index in [1.165, 1.54) is 9.80 Å². The summed E-state index contributed by atoms with van der Waals surface area (Å²) in [6.07, 6.45) is 0.853. The fourth-order valence-corrected chi connectivity index (χ4v) is 1.36. The van der Waals surface area contributed by atoms with Gasteiger partial charge < -0.3 is 15.5 Å². The molecule has 0 spiro atoms. The molecule has 0 aromatic rings. The van der Waals surface area contributed by atoms with E-state index in [9.17, 15) is 9.59 Å². The molecule has 100 valence electrons. The molecular formula is C12H25N3O2. The summed E-state index contributed by atoms with van der Waals surface area (Å²) < 4.78 is 0. The molecule has 5 nitrogen and oxygen atoms in total. The normalized spacial score (nSPS) is 14.0.